The first-order chi connectivity index (χ1) is 37.5. The second-order valence-electron chi connectivity index (χ2n) is 21.6. The smallest absolute Gasteiger partial charge is 0.371 e. The van der Waals surface area contributed by atoms with Crippen LogP contribution < -0.4 is 30.9 Å². The maximum Gasteiger partial charge on any atom is 0.471 e. The van der Waals surface area contributed by atoms with Crippen molar-refractivity contribution >= 4 is 60.1 Å². The largest absolute Gasteiger partial charge is 0.471 e. The van der Waals surface area contributed by atoms with Gasteiger partial charge in [0.2, 0.25) is 11.8 Å². The quantitative estimate of drug-likeness (QED) is 0.0683. The van der Waals surface area contributed by atoms with E-state index in [1.807, 2.05) is 24.3 Å². The van der Waals surface area contributed by atoms with E-state index in [1.165, 1.54) is 30.3 Å². The molecule has 2 unspecified atom stereocenters. The van der Waals surface area contributed by atoms with Gasteiger partial charge in [-0.3, -0.25) is 43.6 Å². The van der Waals surface area contributed by atoms with E-state index < -0.39 is 38.6 Å². The summed E-state index contributed by atoms with van der Waals surface area (Å²) in [6.45, 7) is 9.79. The van der Waals surface area contributed by atoms with Gasteiger partial charge in [0.15, 0.2) is 6.29 Å². The van der Waals surface area contributed by atoms with E-state index in [1.54, 1.807) is 23.2 Å². The second-order valence-corrected chi connectivity index (χ2v) is 22.8. The van der Waals surface area contributed by atoms with E-state index in [-0.39, 0.29) is 77.2 Å². The molecule has 3 fully saturated rings. The van der Waals surface area contributed by atoms with Crippen LogP contribution in [-0.4, -0.2) is 126 Å². The molecule has 0 bridgehead atoms. The molecule has 0 spiro atoms. The summed E-state index contributed by atoms with van der Waals surface area (Å²) in [4.78, 5) is 105. The first-order valence-electron chi connectivity index (χ1n) is 27.4. The number of aryl methyl sites for hydroxylation is 1. The summed E-state index contributed by atoms with van der Waals surface area (Å²) in [5, 5.41) is 5.43. The van der Waals surface area contributed by atoms with Crippen LogP contribution in [0.2, 0.25) is 0 Å². The van der Waals surface area contributed by atoms with Crippen molar-refractivity contribution in [2.45, 2.75) is 110 Å². The number of hydrogen-bond acceptors (Lipinski definition) is 14. The number of fused-ring (bicyclic) bond motifs is 4. The van der Waals surface area contributed by atoms with Gasteiger partial charge in [0.05, 0.1) is 18.5 Å². The highest BCUT2D eigenvalue weighted by atomic mass is 31.2. The number of carbonyl (C=O) groups is 4. The summed E-state index contributed by atoms with van der Waals surface area (Å²) in [6.07, 6.45) is 7.12. The average Bonchev–Trinajstić information content (AvgIpc) is 4.27. The minimum atomic E-state index is -4.97. The summed E-state index contributed by atoms with van der Waals surface area (Å²) in [7, 11) is -4.97. The number of imide groups is 1. The number of benzene rings is 1. The molecule has 0 radical (unpaired) electrons. The molecular weight excluding hydrogens is 994 g/mol. The maximum atomic E-state index is 14.4. The van der Waals surface area contributed by atoms with Crippen LogP contribution >= 0.6 is 7.82 Å². The minimum absolute atomic E-state index is 0.0734. The van der Waals surface area contributed by atoms with Crippen LogP contribution in [0.5, 0.6) is 0 Å². The number of hydrogen-bond donors (Lipinski definition) is 4. The van der Waals surface area contributed by atoms with Gasteiger partial charge < -0.3 is 43.7 Å². The van der Waals surface area contributed by atoms with Gasteiger partial charge in [-0.1, -0.05) is 13.8 Å². The number of amides is 4. The average molecular weight is 1060 g/mol. The lowest BCUT2D eigenvalue weighted by Crippen LogP contribution is -2.57. The third-order valence-corrected chi connectivity index (χ3v) is 16.4. The summed E-state index contributed by atoms with van der Waals surface area (Å²) < 4.78 is 50.2. The van der Waals surface area contributed by atoms with Gasteiger partial charge in [0, 0.05) is 122 Å². The molecular formula is C54H64N11O10P. The fraction of sp³-hybridized carbons (Fsp3) is 0.463. The van der Waals surface area contributed by atoms with Crippen LogP contribution in [0.3, 0.4) is 0 Å². The summed E-state index contributed by atoms with van der Waals surface area (Å²) >= 11 is 0. The number of rotatable bonds is 13. The number of anilines is 5. The number of ether oxygens (including phenoxy) is 1. The maximum absolute atomic E-state index is 14.4. The molecule has 4 aromatic heterocycles. The van der Waals surface area contributed by atoms with E-state index in [0.717, 1.165) is 86.6 Å². The summed E-state index contributed by atoms with van der Waals surface area (Å²) in [5.41, 5.74) is 6.18. The number of phosphoric ester groups is 1. The third kappa shape index (κ3) is 10.1. The predicted octanol–water partition coefficient (Wildman–Crippen LogP) is 5.09. The number of piperazine rings is 1. The first-order valence-corrected chi connectivity index (χ1v) is 27.4. The van der Waals surface area contributed by atoms with Gasteiger partial charge in [0.25, 0.3) is 17.4 Å². The Kier molecular flexibility index (Phi) is 12.5. The SMILES string of the molecule is [2H]C([2H])([2H])n1cc(-c2ccnc(N3CCn4c(cc5c4CC(C)(C)C5)C3=O)c2COC(C)OP(=O)(O)O)cc(Nc2ccc(N3CCN(C4CCN(c5ccc6c(c5)CN(C5CCC(=O)NC5=O)C6=O)CC4)C[C@@H]3C)cn2)c1=O. The third-order valence-electron chi connectivity index (χ3n) is 15.8. The van der Waals surface area contributed by atoms with Crippen LogP contribution in [0.25, 0.3) is 11.1 Å². The Morgan fingerprint density at radius 3 is 2.43 bits per heavy atom. The zero-order chi connectivity index (χ0) is 55.9. The highest BCUT2D eigenvalue weighted by Gasteiger charge is 2.41. The summed E-state index contributed by atoms with van der Waals surface area (Å²) in [6, 6.07) is 14.4. The Bertz CT molecular complexity index is 3370. The lowest BCUT2D eigenvalue weighted by Gasteiger charge is -2.46. The number of carbonyl (C=O) groups excluding carboxylic acids is 4. The number of nitrogens with one attached hydrogen (secondary N) is 2. The van der Waals surface area contributed by atoms with E-state index >= 15 is 0 Å². The van der Waals surface area contributed by atoms with Gasteiger partial charge >= 0.3 is 7.82 Å². The predicted molar refractivity (Wildman–Crippen MR) is 283 cm³/mol. The summed E-state index contributed by atoms with van der Waals surface area (Å²) in [5.74, 6) is -0.748. The Morgan fingerprint density at radius 1 is 0.895 bits per heavy atom. The van der Waals surface area contributed by atoms with Crippen molar-refractivity contribution in [3.63, 3.8) is 0 Å². The normalized spacial score (nSPS) is 22.2. The van der Waals surface area contributed by atoms with E-state index in [9.17, 15) is 38.3 Å². The van der Waals surface area contributed by atoms with Crippen LogP contribution in [0, 0.1) is 5.41 Å². The minimum Gasteiger partial charge on any atom is -0.371 e. The Hall–Kier alpha value is -6.74. The molecule has 0 saturated carbocycles. The molecule has 22 heteroatoms. The fourth-order valence-electron chi connectivity index (χ4n) is 12.2. The second kappa shape index (κ2) is 20.0. The Morgan fingerprint density at radius 2 is 1.70 bits per heavy atom. The molecule has 11 rings (SSSR count). The highest BCUT2D eigenvalue weighted by molar-refractivity contribution is 7.46. The van der Waals surface area contributed by atoms with Crippen LogP contribution in [-0.2, 0) is 62.9 Å². The zero-order valence-corrected chi connectivity index (χ0v) is 43.8. The molecule has 5 aromatic rings. The Balaban J connectivity index is 0.774. The number of piperidine rings is 2. The molecule has 400 valence electrons. The van der Waals surface area contributed by atoms with Crippen molar-refractivity contribution in [3.05, 3.63) is 111 Å². The fourth-order valence-corrected chi connectivity index (χ4v) is 12.6. The molecule has 5 aliphatic heterocycles. The van der Waals surface area contributed by atoms with Gasteiger partial charge in [0.1, 0.15) is 29.1 Å². The van der Waals surface area contributed by atoms with E-state index in [4.69, 9.17) is 13.4 Å². The molecule has 3 saturated heterocycles. The molecule has 1 aliphatic carbocycles. The molecule has 6 aliphatic rings. The van der Waals surface area contributed by atoms with Crippen molar-refractivity contribution in [1.29, 1.82) is 0 Å². The van der Waals surface area contributed by atoms with Gasteiger partial charge in [-0.05, 0) is 117 Å². The topological polar surface area (TPSA) is 237 Å². The van der Waals surface area contributed by atoms with Gasteiger partial charge in [-0.25, -0.2) is 14.5 Å². The molecule has 3 atom stereocenters. The van der Waals surface area contributed by atoms with Crippen molar-refractivity contribution in [2.24, 2.45) is 12.4 Å². The number of pyridine rings is 3. The van der Waals surface area contributed by atoms with Crippen molar-refractivity contribution < 1.29 is 46.9 Å². The Labute approximate surface area is 444 Å². The molecule has 1 aromatic carbocycles. The van der Waals surface area contributed by atoms with Crippen molar-refractivity contribution in [3.8, 4) is 11.1 Å². The molecule has 21 nitrogen and oxygen atoms in total. The highest BCUT2D eigenvalue weighted by Crippen LogP contribution is 2.42. The van der Waals surface area contributed by atoms with Crippen LogP contribution in [0.4, 0.5) is 28.7 Å². The lowest BCUT2D eigenvalue weighted by atomic mass is 9.90. The molecule has 4 N–H and O–H groups in total. The van der Waals surface area contributed by atoms with Crippen molar-refractivity contribution in [2.75, 3.05) is 59.3 Å². The van der Waals surface area contributed by atoms with Gasteiger partial charge in [-0.15, -0.1) is 0 Å². The standard InChI is InChI=1S/C54H64N11O10P/c1-32-28-61(37-13-16-60(17-14-37)38-6-8-41-35(22-38)30-65(51(41)68)44-9-11-48(66)58-50(44)67)18-19-62(32)39-7-10-47(56-27-39)57-43-23-36(29-59(5)52(43)69)40-12-15-55-49(42(40)31-74-33(2)75-76(71,72)73)64-21-20-63-45(53(64)70)24-34-25-54(3,4)26-46(34)63/h6-8,10,12,15,22-24,27,29,32-33,37,44H,9,11,13-14,16-21,25-26,28,30-31H2,1-5H3,(H,56,57)(H,58,66,67)(H2,71,72,73)/t32-,33?,44?/m0/s1/i5D3. The number of aromatic nitrogens is 4. The van der Waals surface area contributed by atoms with E-state index in [0.29, 0.717) is 46.9 Å². The van der Waals surface area contributed by atoms with Crippen molar-refractivity contribution in [1.82, 2.24) is 34.2 Å². The zero-order valence-electron chi connectivity index (χ0n) is 45.9. The molecule has 76 heavy (non-hydrogen) atoms. The molecule has 4 amide bonds. The van der Waals surface area contributed by atoms with Crippen LogP contribution in [0.15, 0.2) is 71.9 Å². The number of nitrogens with zero attached hydrogens (tertiary/aromatic N) is 9. The van der Waals surface area contributed by atoms with E-state index in [2.05, 4.69) is 66.7 Å². The monoisotopic (exact) mass is 1060 g/mol. The van der Waals surface area contributed by atoms with Gasteiger partial charge in [-0.2, -0.15) is 0 Å². The first kappa shape index (κ1) is 47.7. The number of phosphoric acid groups is 1. The lowest BCUT2D eigenvalue weighted by molar-refractivity contribution is -0.136. The van der Waals surface area contributed by atoms with Crippen LogP contribution in [0.1, 0.15) is 101 Å². The molecule has 9 heterocycles.